The molecule has 0 aliphatic carbocycles. The Bertz CT molecular complexity index is 355. The fraction of sp³-hybridized carbons (Fsp3) is 0.538. The maximum absolute atomic E-state index is 5.59. The van der Waals surface area contributed by atoms with Crippen LogP contribution in [0.15, 0.2) is 18.2 Å². The van der Waals surface area contributed by atoms with Crippen LogP contribution >= 0.6 is 0 Å². The molecule has 1 rings (SSSR count). The van der Waals surface area contributed by atoms with Gasteiger partial charge in [0.1, 0.15) is 11.5 Å². The molecule has 0 saturated heterocycles. The van der Waals surface area contributed by atoms with Gasteiger partial charge in [0, 0.05) is 19.2 Å². The Morgan fingerprint density at radius 2 is 2.00 bits per heavy atom. The zero-order valence-electron chi connectivity index (χ0n) is 11.1. The van der Waals surface area contributed by atoms with E-state index in [-0.39, 0.29) is 0 Å². The van der Waals surface area contributed by atoms with Crippen LogP contribution < -0.4 is 20.1 Å². The Labute approximate surface area is 103 Å². The average molecular weight is 238 g/mol. The summed E-state index contributed by atoms with van der Waals surface area (Å²) in [5, 5.41) is 0. The Morgan fingerprint density at radius 1 is 1.29 bits per heavy atom. The second-order valence-corrected chi connectivity index (χ2v) is 4.08. The summed E-state index contributed by atoms with van der Waals surface area (Å²) in [6.07, 6.45) is 0.941. The summed E-state index contributed by atoms with van der Waals surface area (Å²) in [6, 6.07) is 6.15. The molecule has 0 amide bonds. The summed E-state index contributed by atoms with van der Waals surface area (Å²) < 4.78 is 10.6. The van der Waals surface area contributed by atoms with Crippen molar-refractivity contribution >= 4 is 5.69 Å². The zero-order valence-corrected chi connectivity index (χ0v) is 11.1. The predicted octanol–water partition coefficient (Wildman–Crippen LogP) is 1.88. The average Bonchev–Trinajstić information content (AvgIpc) is 2.37. The van der Waals surface area contributed by atoms with E-state index in [4.69, 9.17) is 15.2 Å². The molecule has 1 aromatic carbocycles. The van der Waals surface area contributed by atoms with Gasteiger partial charge < -0.3 is 20.1 Å². The summed E-state index contributed by atoms with van der Waals surface area (Å²) in [6.45, 7) is 2.82. The van der Waals surface area contributed by atoms with Crippen molar-refractivity contribution in [1.82, 2.24) is 0 Å². The van der Waals surface area contributed by atoms with Gasteiger partial charge >= 0.3 is 0 Å². The molecule has 1 atom stereocenters. The number of nitrogens with zero attached hydrogens (tertiary/aromatic N) is 1. The minimum absolute atomic E-state index is 0.362. The molecule has 0 radical (unpaired) electrons. The van der Waals surface area contributed by atoms with Gasteiger partial charge in [-0.3, -0.25) is 0 Å². The van der Waals surface area contributed by atoms with E-state index in [1.54, 1.807) is 14.2 Å². The molecule has 96 valence electrons. The SMILES string of the molecule is COc1ccc(OC)c(N(C)C(C)CCN)c1. The van der Waals surface area contributed by atoms with Gasteiger partial charge in [-0.05, 0) is 32.0 Å². The highest BCUT2D eigenvalue weighted by atomic mass is 16.5. The van der Waals surface area contributed by atoms with Gasteiger partial charge in [-0.25, -0.2) is 0 Å². The summed E-state index contributed by atoms with van der Waals surface area (Å²) in [5.74, 6) is 1.67. The van der Waals surface area contributed by atoms with E-state index in [9.17, 15) is 0 Å². The molecule has 1 aromatic rings. The first-order valence-corrected chi connectivity index (χ1v) is 5.79. The quantitative estimate of drug-likeness (QED) is 0.822. The van der Waals surface area contributed by atoms with Gasteiger partial charge in [0.2, 0.25) is 0 Å². The lowest BCUT2D eigenvalue weighted by Gasteiger charge is -2.28. The van der Waals surface area contributed by atoms with E-state index in [1.807, 2.05) is 25.2 Å². The summed E-state index contributed by atoms with van der Waals surface area (Å²) in [7, 11) is 5.37. The molecule has 1 unspecified atom stereocenters. The molecule has 0 aliphatic rings. The smallest absolute Gasteiger partial charge is 0.142 e. The van der Waals surface area contributed by atoms with Gasteiger partial charge in [-0.15, -0.1) is 0 Å². The molecule has 0 fully saturated rings. The maximum atomic E-state index is 5.59. The van der Waals surface area contributed by atoms with Crippen LogP contribution in [-0.2, 0) is 0 Å². The lowest BCUT2D eigenvalue weighted by molar-refractivity contribution is 0.402. The second-order valence-electron chi connectivity index (χ2n) is 4.08. The molecule has 17 heavy (non-hydrogen) atoms. The lowest BCUT2D eigenvalue weighted by Crippen LogP contribution is -2.31. The number of hydrogen-bond donors (Lipinski definition) is 1. The fourth-order valence-electron chi connectivity index (χ4n) is 1.74. The Hall–Kier alpha value is -1.42. The van der Waals surface area contributed by atoms with Gasteiger partial charge in [-0.2, -0.15) is 0 Å². The van der Waals surface area contributed by atoms with E-state index in [1.165, 1.54) is 0 Å². The molecule has 0 spiro atoms. The highest BCUT2D eigenvalue weighted by Crippen LogP contribution is 2.32. The summed E-state index contributed by atoms with van der Waals surface area (Å²) in [5.41, 5.74) is 6.61. The van der Waals surface area contributed by atoms with Crippen molar-refractivity contribution in [2.75, 3.05) is 32.7 Å². The fourth-order valence-corrected chi connectivity index (χ4v) is 1.74. The van der Waals surface area contributed by atoms with Gasteiger partial charge in [-0.1, -0.05) is 0 Å². The van der Waals surface area contributed by atoms with E-state index >= 15 is 0 Å². The maximum Gasteiger partial charge on any atom is 0.142 e. The van der Waals surface area contributed by atoms with Crippen molar-refractivity contribution in [1.29, 1.82) is 0 Å². The predicted molar refractivity (Wildman–Crippen MR) is 71.1 cm³/mol. The van der Waals surface area contributed by atoms with Gasteiger partial charge in [0.25, 0.3) is 0 Å². The second kappa shape index (κ2) is 6.35. The molecular formula is C13H22N2O2. The highest BCUT2D eigenvalue weighted by molar-refractivity contribution is 5.61. The number of methoxy groups -OCH3 is 2. The molecule has 0 aromatic heterocycles. The largest absolute Gasteiger partial charge is 0.497 e. The summed E-state index contributed by atoms with van der Waals surface area (Å²) in [4.78, 5) is 2.16. The minimum Gasteiger partial charge on any atom is -0.497 e. The standard InChI is InChI=1S/C13H22N2O2/c1-10(7-8-14)15(2)12-9-11(16-3)5-6-13(12)17-4/h5-6,9-10H,7-8,14H2,1-4H3. The van der Waals surface area contributed by atoms with Gasteiger partial charge in [0.15, 0.2) is 0 Å². The van der Waals surface area contributed by atoms with E-state index in [0.29, 0.717) is 12.6 Å². The van der Waals surface area contributed by atoms with Crippen LogP contribution in [0, 0.1) is 0 Å². The number of benzene rings is 1. The van der Waals surface area contributed by atoms with Crippen molar-refractivity contribution in [3.8, 4) is 11.5 Å². The van der Waals surface area contributed by atoms with Crippen molar-refractivity contribution in [3.05, 3.63) is 18.2 Å². The van der Waals surface area contributed by atoms with E-state index in [2.05, 4.69) is 11.8 Å². The van der Waals surface area contributed by atoms with Gasteiger partial charge in [0.05, 0.1) is 19.9 Å². The lowest BCUT2D eigenvalue weighted by atomic mass is 10.1. The molecule has 0 heterocycles. The molecule has 2 N–H and O–H groups in total. The van der Waals surface area contributed by atoms with E-state index in [0.717, 1.165) is 23.6 Å². The van der Waals surface area contributed by atoms with Crippen LogP contribution in [0.2, 0.25) is 0 Å². The van der Waals surface area contributed by atoms with Crippen molar-refractivity contribution in [2.24, 2.45) is 5.73 Å². The number of ether oxygens (including phenoxy) is 2. The zero-order chi connectivity index (χ0) is 12.8. The summed E-state index contributed by atoms with van der Waals surface area (Å²) >= 11 is 0. The Balaban J connectivity index is 3.00. The third-order valence-electron chi connectivity index (χ3n) is 3.01. The van der Waals surface area contributed by atoms with Crippen LogP contribution in [0.3, 0.4) is 0 Å². The molecule has 0 saturated carbocycles. The third-order valence-corrected chi connectivity index (χ3v) is 3.01. The number of nitrogens with two attached hydrogens (primary N) is 1. The molecule has 4 nitrogen and oxygen atoms in total. The topological polar surface area (TPSA) is 47.7 Å². The number of anilines is 1. The first-order chi connectivity index (χ1) is 8.13. The minimum atomic E-state index is 0.362. The Morgan fingerprint density at radius 3 is 2.53 bits per heavy atom. The van der Waals surface area contributed by atoms with Crippen LogP contribution in [0.4, 0.5) is 5.69 Å². The molecular weight excluding hydrogens is 216 g/mol. The van der Waals surface area contributed by atoms with Crippen LogP contribution in [0.1, 0.15) is 13.3 Å². The monoisotopic (exact) mass is 238 g/mol. The third kappa shape index (κ3) is 3.27. The first kappa shape index (κ1) is 13.6. The molecule has 0 aliphatic heterocycles. The van der Waals surface area contributed by atoms with Crippen LogP contribution in [-0.4, -0.2) is 33.9 Å². The number of hydrogen-bond acceptors (Lipinski definition) is 4. The first-order valence-electron chi connectivity index (χ1n) is 5.79. The van der Waals surface area contributed by atoms with E-state index < -0.39 is 0 Å². The molecule has 4 heteroatoms. The highest BCUT2D eigenvalue weighted by Gasteiger charge is 2.14. The van der Waals surface area contributed by atoms with Crippen molar-refractivity contribution in [3.63, 3.8) is 0 Å². The Kier molecular flexibility index (Phi) is 5.10. The van der Waals surface area contributed by atoms with Crippen LogP contribution in [0.5, 0.6) is 11.5 Å². The van der Waals surface area contributed by atoms with Crippen LogP contribution in [0.25, 0.3) is 0 Å². The normalized spacial score (nSPS) is 12.1. The van der Waals surface area contributed by atoms with Crippen molar-refractivity contribution in [2.45, 2.75) is 19.4 Å². The van der Waals surface area contributed by atoms with Crippen molar-refractivity contribution < 1.29 is 9.47 Å². The molecule has 0 bridgehead atoms. The number of rotatable bonds is 6.